The molecule has 5 unspecified atom stereocenters. The minimum Gasteiger partial charge on any atom is -0.279 e. The maximum absolute atomic E-state index is 12.3. The molecule has 0 N–H and O–H groups in total. The molecule has 0 aromatic rings. The largest absolute Gasteiger partial charge is 0.279 e. The molecule has 1 saturated carbocycles. The Hall–Kier alpha value is -1.38. The topological polar surface area (TPSA) is 37.4 Å². The Labute approximate surface area is 101 Å². The number of carbonyl (C=O) groups is 2. The van der Waals surface area contributed by atoms with Gasteiger partial charge in [0.25, 0.3) is 0 Å². The lowest BCUT2D eigenvalue weighted by Crippen LogP contribution is -2.39. The molecule has 3 aliphatic rings. The van der Waals surface area contributed by atoms with Crippen LogP contribution in [0.5, 0.6) is 0 Å². The summed E-state index contributed by atoms with van der Waals surface area (Å²) in [4.78, 5) is 26.2. The highest BCUT2D eigenvalue weighted by Gasteiger charge is 2.59. The van der Waals surface area contributed by atoms with Gasteiger partial charge in [0.1, 0.15) is 0 Å². The Bertz CT molecular complexity index is 396. The summed E-state index contributed by atoms with van der Waals surface area (Å²) in [6, 6.07) is -0.0440. The van der Waals surface area contributed by atoms with E-state index in [1.54, 1.807) is 6.08 Å². The number of amides is 2. The number of carbonyl (C=O) groups excluding carboxylic acids is 2. The van der Waals surface area contributed by atoms with E-state index < -0.39 is 0 Å². The maximum Gasteiger partial charge on any atom is 0.233 e. The summed E-state index contributed by atoms with van der Waals surface area (Å²) in [5.74, 6) is 0.580. The number of nitrogens with zero attached hydrogens (tertiary/aromatic N) is 1. The quantitative estimate of drug-likeness (QED) is 0.548. The number of hydrogen-bond donors (Lipinski definition) is 0. The highest BCUT2D eigenvalue weighted by Crippen LogP contribution is 2.52. The summed E-state index contributed by atoms with van der Waals surface area (Å²) in [7, 11) is 0. The second kappa shape index (κ2) is 3.56. The molecule has 3 rings (SSSR count). The van der Waals surface area contributed by atoms with Crippen LogP contribution >= 0.6 is 0 Å². The number of rotatable bonds is 3. The summed E-state index contributed by atoms with van der Waals surface area (Å²) >= 11 is 0. The van der Waals surface area contributed by atoms with Gasteiger partial charge in [-0.15, -0.1) is 6.58 Å². The van der Waals surface area contributed by atoms with Crippen molar-refractivity contribution in [2.24, 2.45) is 23.7 Å². The number of likely N-dealkylation sites (tertiary alicyclic amines) is 1. The normalized spacial score (nSPS) is 39.9. The van der Waals surface area contributed by atoms with E-state index in [9.17, 15) is 9.59 Å². The average Bonchev–Trinajstić information content (AvgIpc) is 2.93. The molecule has 3 nitrogen and oxygen atoms in total. The van der Waals surface area contributed by atoms with Crippen molar-refractivity contribution in [1.82, 2.24) is 4.90 Å². The molecule has 2 bridgehead atoms. The third-order valence-electron chi connectivity index (χ3n) is 4.45. The van der Waals surface area contributed by atoms with Crippen LogP contribution in [-0.4, -0.2) is 22.8 Å². The first-order valence-corrected chi connectivity index (χ1v) is 6.31. The van der Waals surface area contributed by atoms with Crippen LogP contribution in [0, 0.1) is 23.7 Å². The number of fused-ring (bicyclic) bond motifs is 5. The lowest BCUT2D eigenvalue weighted by atomic mass is 9.85. The van der Waals surface area contributed by atoms with Gasteiger partial charge in [-0.3, -0.25) is 14.5 Å². The number of imide groups is 1. The number of hydrogen-bond acceptors (Lipinski definition) is 2. The van der Waals surface area contributed by atoms with Crippen molar-refractivity contribution >= 4 is 11.8 Å². The fourth-order valence-electron chi connectivity index (χ4n) is 3.71. The molecule has 3 heteroatoms. The lowest BCUT2D eigenvalue weighted by Gasteiger charge is -2.23. The second-order valence-corrected chi connectivity index (χ2v) is 5.42. The summed E-state index contributed by atoms with van der Waals surface area (Å²) in [5, 5.41) is 0. The zero-order valence-corrected chi connectivity index (χ0v) is 10.0. The third kappa shape index (κ3) is 1.28. The van der Waals surface area contributed by atoms with Crippen molar-refractivity contribution in [2.75, 3.05) is 0 Å². The Morgan fingerprint density at radius 2 is 1.88 bits per heavy atom. The molecule has 1 heterocycles. The SMILES string of the molecule is C=CCC(C)N1C(=O)C2C3C=CC(C3)C2C1=O. The van der Waals surface area contributed by atoms with E-state index in [1.165, 1.54) is 4.90 Å². The molecule has 1 aliphatic heterocycles. The van der Waals surface area contributed by atoms with Gasteiger partial charge in [0.15, 0.2) is 0 Å². The molecule has 2 amide bonds. The maximum atomic E-state index is 12.3. The van der Waals surface area contributed by atoms with Crippen LogP contribution in [0.15, 0.2) is 24.8 Å². The van der Waals surface area contributed by atoms with Crippen LogP contribution in [0.2, 0.25) is 0 Å². The van der Waals surface area contributed by atoms with E-state index in [4.69, 9.17) is 0 Å². The monoisotopic (exact) mass is 231 g/mol. The molecule has 1 saturated heterocycles. The zero-order chi connectivity index (χ0) is 12.2. The molecule has 17 heavy (non-hydrogen) atoms. The van der Waals surface area contributed by atoms with Crippen LogP contribution in [0.1, 0.15) is 19.8 Å². The molecule has 90 valence electrons. The van der Waals surface area contributed by atoms with Crippen LogP contribution < -0.4 is 0 Å². The van der Waals surface area contributed by atoms with Crippen molar-refractivity contribution in [3.8, 4) is 0 Å². The average molecular weight is 231 g/mol. The summed E-state index contributed by atoms with van der Waals surface area (Å²) in [6.45, 7) is 5.60. The van der Waals surface area contributed by atoms with Gasteiger partial charge < -0.3 is 0 Å². The lowest BCUT2D eigenvalue weighted by molar-refractivity contribution is -0.142. The summed E-state index contributed by atoms with van der Waals surface area (Å²) in [5.41, 5.74) is 0. The molecule has 5 atom stereocenters. The standard InChI is InChI=1S/C14H17NO2/c1-3-4-8(2)15-13(16)11-9-5-6-10(7-9)12(11)14(15)17/h3,5-6,8-12H,1,4,7H2,2H3. The summed E-state index contributed by atoms with van der Waals surface area (Å²) in [6.07, 6.45) is 7.69. The van der Waals surface area contributed by atoms with Gasteiger partial charge >= 0.3 is 0 Å². The Morgan fingerprint density at radius 1 is 1.35 bits per heavy atom. The van der Waals surface area contributed by atoms with E-state index >= 15 is 0 Å². The van der Waals surface area contributed by atoms with Gasteiger partial charge in [0.2, 0.25) is 11.8 Å². The molecule has 0 spiro atoms. The Kier molecular flexibility index (Phi) is 2.25. The van der Waals surface area contributed by atoms with Crippen LogP contribution in [0.3, 0.4) is 0 Å². The van der Waals surface area contributed by atoms with Crippen molar-refractivity contribution < 1.29 is 9.59 Å². The summed E-state index contributed by atoms with van der Waals surface area (Å²) < 4.78 is 0. The molecule has 2 fully saturated rings. The molecule has 0 aromatic carbocycles. The van der Waals surface area contributed by atoms with Crippen LogP contribution in [0.25, 0.3) is 0 Å². The van der Waals surface area contributed by atoms with Gasteiger partial charge in [-0.2, -0.15) is 0 Å². The Balaban J connectivity index is 1.90. The first-order valence-electron chi connectivity index (χ1n) is 6.31. The van der Waals surface area contributed by atoms with Crippen LogP contribution in [-0.2, 0) is 9.59 Å². The second-order valence-electron chi connectivity index (χ2n) is 5.42. The van der Waals surface area contributed by atoms with Crippen molar-refractivity contribution in [3.63, 3.8) is 0 Å². The molecule has 0 radical (unpaired) electrons. The highest BCUT2D eigenvalue weighted by atomic mass is 16.2. The first-order chi connectivity index (χ1) is 8.15. The molecular weight excluding hydrogens is 214 g/mol. The molecular formula is C14H17NO2. The predicted octanol–water partition coefficient (Wildman–Crippen LogP) is 1.76. The molecule has 2 aliphatic carbocycles. The van der Waals surface area contributed by atoms with Gasteiger partial charge in [0.05, 0.1) is 11.8 Å². The first kappa shape index (κ1) is 10.8. The smallest absolute Gasteiger partial charge is 0.233 e. The predicted molar refractivity (Wildman–Crippen MR) is 63.8 cm³/mol. The minimum absolute atomic E-state index is 0.0440. The number of allylic oxidation sites excluding steroid dienone is 2. The minimum atomic E-state index is -0.0650. The van der Waals surface area contributed by atoms with Gasteiger partial charge in [0, 0.05) is 6.04 Å². The van der Waals surface area contributed by atoms with Gasteiger partial charge in [-0.1, -0.05) is 18.2 Å². The fourth-order valence-corrected chi connectivity index (χ4v) is 3.71. The van der Waals surface area contributed by atoms with Crippen molar-refractivity contribution in [2.45, 2.75) is 25.8 Å². The van der Waals surface area contributed by atoms with Crippen molar-refractivity contribution in [3.05, 3.63) is 24.8 Å². The fraction of sp³-hybridized carbons (Fsp3) is 0.571. The third-order valence-corrected chi connectivity index (χ3v) is 4.45. The van der Waals surface area contributed by atoms with Crippen molar-refractivity contribution in [1.29, 1.82) is 0 Å². The van der Waals surface area contributed by atoms with E-state index in [-0.39, 0.29) is 29.7 Å². The van der Waals surface area contributed by atoms with Gasteiger partial charge in [-0.25, -0.2) is 0 Å². The van der Waals surface area contributed by atoms with Crippen LogP contribution in [0.4, 0.5) is 0 Å². The van der Waals surface area contributed by atoms with E-state index in [2.05, 4.69) is 18.7 Å². The van der Waals surface area contributed by atoms with E-state index in [1.807, 2.05) is 6.92 Å². The zero-order valence-electron chi connectivity index (χ0n) is 10.0. The molecule has 0 aromatic heterocycles. The van der Waals surface area contributed by atoms with E-state index in [0.717, 1.165) is 6.42 Å². The Morgan fingerprint density at radius 3 is 2.35 bits per heavy atom. The highest BCUT2D eigenvalue weighted by molar-refractivity contribution is 6.06. The van der Waals surface area contributed by atoms with E-state index in [0.29, 0.717) is 18.3 Å². The van der Waals surface area contributed by atoms with Gasteiger partial charge in [-0.05, 0) is 31.6 Å².